The van der Waals surface area contributed by atoms with E-state index in [1.54, 1.807) is 6.92 Å². The van der Waals surface area contributed by atoms with Crippen LogP contribution in [0, 0.1) is 5.41 Å². The first-order valence-electron chi connectivity index (χ1n) is 6.23. The van der Waals surface area contributed by atoms with Crippen molar-refractivity contribution in [2.75, 3.05) is 13.1 Å². The smallest absolute Gasteiger partial charge is 0.245 e. The Morgan fingerprint density at radius 2 is 2.14 bits per heavy atom. The van der Waals surface area contributed by atoms with Crippen LogP contribution in [0.15, 0.2) is 23.2 Å². The Kier molecular flexibility index (Phi) is 4.00. The average Bonchev–Trinajstić information content (AvgIpc) is 2.83. The van der Waals surface area contributed by atoms with E-state index in [0.29, 0.717) is 6.42 Å². The van der Waals surface area contributed by atoms with Gasteiger partial charge in [0.15, 0.2) is 0 Å². The highest BCUT2D eigenvalue weighted by Crippen LogP contribution is 2.33. The number of hydrogen-bond acceptors (Lipinski definition) is 5. The van der Waals surface area contributed by atoms with Gasteiger partial charge in [-0.2, -0.15) is 4.31 Å². The third-order valence-corrected chi connectivity index (χ3v) is 5.73. The van der Waals surface area contributed by atoms with E-state index in [9.17, 15) is 13.2 Å². The van der Waals surface area contributed by atoms with Crippen molar-refractivity contribution >= 4 is 33.1 Å². The Hall–Kier alpha value is -1.58. The van der Waals surface area contributed by atoms with Crippen LogP contribution in [-0.2, 0) is 14.8 Å². The molecule has 114 valence electrons. The highest BCUT2D eigenvalue weighted by molar-refractivity contribution is 7.89. The van der Waals surface area contributed by atoms with Crippen molar-refractivity contribution in [2.24, 2.45) is 16.9 Å². The molecule has 1 aromatic heterocycles. The number of pyridine rings is 1. The standard InChI is InChI=1S/C12H16N4O3S2/c1-12(11(14)17)4-6-16(7-12)21(18,19)8-3-2-5-15-9(8)10(13)20/h2-3,5H,4,6-7H2,1H3,(H2,13,20)(H2,14,17). The lowest BCUT2D eigenvalue weighted by Crippen LogP contribution is -2.39. The number of aromatic nitrogens is 1. The summed E-state index contributed by atoms with van der Waals surface area (Å²) in [6.45, 7) is 1.91. The first kappa shape index (κ1) is 15.8. The van der Waals surface area contributed by atoms with Gasteiger partial charge in [-0.05, 0) is 25.5 Å². The summed E-state index contributed by atoms with van der Waals surface area (Å²) in [6.07, 6.45) is 1.80. The molecule has 0 bridgehead atoms. The second-order valence-corrected chi connectivity index (χ2v) is 7.57. The zero-order valence-corrected chi connectivity index (χ0v) is 13.1. The summed E-state index contributed by atoms with van der Waals surface area (Å²) < 4.78 is 26.6. The van der Waals surface area contributed by atoms with Crippen LogP contribution in [0.5, 0.6) is 0 Å². The topological polar surface area (TPSA) is 119 Å². The first-order valence-corrected chi connectivity index (χ1v) is 8.08. The Bertz CT molecular complexity index is 704. The zero-order valence-electron chi connectivity index (χ0n) is 11.4. The minimum absolute atomic E-state index is 0.0380. The monoisotopic (exact) mass is 328 g/mol. The molecule has 2 rings (SSSR count). The van der Waals surface area contributed by atoms with Crippen LogP contribution in [0.4, 0.5) is 0 Å². The lowest BCUT2D eigenvalue weighted by atomic mass is 9.89. The van der Waals surface area contributed by atoms with Crippen molar-refractivity contribution in [3.63, 3.8) is 0 Å². The minimum Gasteiger partial charge on any atom is -0.388 e. The molecule has 1 aliphatic heterocycles. The van der Waals surface area contributed by atoms with Gasteiger partial charge in [0.2, 0.25) is 15.9 Å². The summed E-state index contributed by atoms with van der Waals surface area (Å²) in [5.74, 6) is -0.513. The van der Waals surface area contributed by atoms with Gasteiger partial charge < -0.3 is 11.5 Å². The molecule has 21 heavy (non-hydrogen) atoms. The number of hydrogen-bond donors (Lipinski definition) is 2. The molecule has 1 aliphatic rings. The number of nitrogens with two attached hydrogens (primary N) is 2. The zero-order chi connectivity index (χ0) is 15.8. The number of carbonyl (C=O) groups excluding carboxylic acids is 1. The number of nitrogens with zero attached hydrogens (tertiary/aromatic N) is 2. The molecule has 2 heterocycles. The quantitative estimate of drug-likeness (QED) is 0.726. The minimum atomic E-state index is -3.82. The Balaban J connectivity index is 2.41. The number of amides is 1. The molecule has 0 aromatic carbocycles. The van der Waals surface area contributed by atoms with E-state index in [-0.39, 0.29) is 28.7 Å². The van der Waals surface area contributed by atoms with Crippen LogP contribution in [0.2, 0.25) is 0 Å². The normalized spacial score (nSPS) is 23.1. The fraction of sp³-hybridized carbons (Fsp3) is 0.417. The molecule has 0 saturated carbocycles. The van der Waals surface area contributed by atoms with Crippen molar-refractivity contribution in [3.8, 4) is 0 Å². The molecule has 9 heteroatoms. The molecule has 7 nitrogen and oxygen atoms in total. The second kappa shape index (κ2) is 5.32. The highest BCUT2D eigenvalue weighted by atomic mass is 32.2. The predicted octanol–water partition coefficient (Wildman–Crippen LogP) is -0.398. The van der Waals surface area contributed by atoms with Gasteiger partial charge >= 0.3 is 0 Å². The second-order valence-electron chi connectivity index (χ2n) is 5.23. The van der Waals surface area contributed by atoms with E-state index in [0.717, 1.165) is 0 Å². The van der Waals surface area contributed by atoms with Gasteiger partial charge in [0, 0.05) is 19.3 Å². The van der Waals surface area contributed by atoms with Crippen LogP contribution >= 0.6 is 12.2 Å². The summed E-state index contributed by atoms with van der Waals surface area (Å²) >= 11 is 4.84. The lowest BCUT2D eigenvalue weighted by Gasteiger charge is -2.21. The van der Waals surface area contributed by atoms with Gasteiger partial charge in [0.1, 0.15) is 15.6 Å². The summed E-state index contributed by atoms with van der Waals surface area (Å²) in [7, 11) is -3.82. The Morgan fingerprint density at radius 1 is 1.48 bits per heavy atom. The molecular weight excluding hydrogens is 312 g/mol. The molecule has 1 amide bonds. The van der Waals surface area contributed by atoms with Gasteiger partial charge in [-0.15, -0.1) is 0 Å². The molecule has 1 aromatic rings. The lowest BCUT2D eigenvalue weighted by molar-refractivity contribution is -0.126. The van der Waals surface area contributed by atoms with Crippen LogP contribution in [-0.4, -0.2) is 41.7 Å². The van der Waals surface area contributed by atoms with Crippen LogP contribution in [0.3, 0.4) is 0 Å². The molecule has 0 spiro atoms. The van der Waals surface area contributed by atoms with Crippen molar-refractivity contribution in [1.82, 2.24) is 9.29 Å². The average molecular weight is 328 g/mol. The number of carbonyl (C=O) groups is 1. The van der Waals surface area contributed by atoms with E-state index in [2.05, 4.69) is 4.98 Å². The van der Waals surface area contributed by atoms with E-state index in [1.165, 1.54) is 22.6 Å². The van der Waals surface area contributed by atoms with Gasteiger partial charge in [0.25, 0.3) is 0 Å². The predicted molar refractivity (Wildman–Crippen MR) is 80.8 cm³/mol. The third-order valence-electron chi connectivity index (χ3n) is 3.66. The van der Waals surface area contributed by atoms with Crippen LogP contribution in [0.25, 0.3) is 0 Å². The van der Waals surface area contributed by atoms with Gasteiger partial charge in [0.05, 0.1) is 5.41 Å². The number of sulfonamides is 1. The van der Waals surface area contributed by atoms with Gasteiger partial charge in [-0.25, -0.2) is 8.42 Å². The molecule has 1 saturated heterocycles. The van der Waals surface area contributed by atoms with Crippen molar-refractivity contribution in [3.05, 3.63) is 24.0 Å². The van der Waals surface area contributed by atoms with Crippen molar-refractivity contribution in [2.45, 2.75) is 18.2 Å². The van der Waals surface area contributed by atoms with Crippen LogP contribution < -0.4 is 11.5 Å². The maximum atomic E-state index is 12.7. The molecule has 1 fully saturated rings. The van der Waals surface area contributed by atoms with E-state index < -0.39 is 21.3 Å². The Morgan fingerprint density at radius 3 is 2.67 bits per heavy atom. The maximum Gasteiger partial charge on any atom is 0.245 e. The summed E-state index contributed by atoms with van der Waals surface area (Å²) in [6, 6.07) is 2.90. The summed E-state index contributed by atoms with van der Waals surface area (Å²) in [5.41, 5.74) is 10.1. The fourth-order valence-electron chi connectivity index (χ4n) is 2.25. The molecular formula is C12H16N4O3S2. The van der Waals surface area contributed by atoms with E-state index in [1.807, 2.05) is 0 Å². The molecule has 4 N–H and O–H groups in total. The maximum absolute atomic E-state index is 12.7. The van der Waals surface area contributed by atoms with Gasteiger partial charge in [-0.1, -0.05) is 12.2 Å². The number of rotatable bonds is 4. The highest BCUT2D eigenvalue weighted by Gasteiger charge is 2.44. The molecule has 0 aliphatic carbocycles. The molecule has 0 radical (unpaired) electrons. The summed E-state index contributed by atoms with van der Waals surface area (Å²) in [4.78, 5) is 15.2. The van der Waals surface area contributed by atoms with Crippen LogP contribution in [0.1, 0.15) is 19.0 Å². The first-order chi connectivity index (χ1) is 9.68. The van der Waals surface area contributed by atoms with E-state index in [4.69, 9.17) is 23.7 Å². The molecule has 1 unspecified atom stereocenters. The number of thiocarbonyl (C=S) groups is 1. The molecule has 1 atom stereocenters. The van der Waals surface area contributed by atoms with E-state index >= 15 is 0 Å². The van der Waals surface area contributed by atoms with Gasteiger partial charge in [-0.3, -0.25) is 9.78 Å². The Labute approximate surface area is 128 Å². The van der Waals surface area contributed by atoms with Crippen molar-refractivity contribution in [1.29, 1.82) is 0 Å². The third kappa shape index (κ3) is 2.76. The largest absolute Gasteiger partial charge is 0.388 e. The van der Waals surface area contributed by atoms with Crippen molar-refractivity contribution < 1.29 is 13.2 Å². The fourth-order valence-corrected chi connectivity index (χ4v) is 4.20. The summed E-state index contributed by atoms with van der Waals surface area (Å²) in [5, 5.41) is 0. The number of primary amides is 1. The SMILES string of the molecule is CC1(C(N)=O)CCN(S(=O)(=O)c2cccnc2C(N)=S)C1.